The molecule has 7 heavy (non-hydrogen) atoms. The first-order valence-electron chi connectivity index (χ1n) is 2.62. The van der Waals surface area contributed by atoms with Crippen LogP contribution in [0.15, 0.2) is 0 Å². The Morgan fingerprint density at radius 3 is 1.43 bits per heavy atom. The highest BCUT2D eigenvalue weighted by Gasteiger charge is 1.85. The Morgan fingerprint density at radius 2 is 1.43 bits per heavy atom. The van der Waals surface area contributed by atoms with Gasteiger partial charge >= 0.3 is 0 Å². The van der Waals surface area contributed by atoms with E-state index in [0.29, 0.717) is 0 Å². The zero-order valence-electron chi connectivity index (χ0n) is 5.29. The summed E-state index contributed by atoms with van der Waals surface area (Å²) in [4.78, 5) is 1.59. The Bertz CT molecular complexity index is 27.3. The van der Waals surface area contributed by atoms with E-state index in [1.807, 2.05) is 0 Å². The van der Waals surface area contributed by atoms with Crippen molar-refractivity contribution in [2.75, 3.05) is 20.1 Å². The van der Waals surface area contributed by atoms with Gasteiger partial charge in [0.25, 0.3) is 0 Å². The lowest BCUT2D eigenvalue weighted by atomic mass is 10.6. The number of rotatable bonds is 2. The third kappa shape index (κ3) is 6.44. The molecule has 46 valence electrons. The zero-order chi connectivity index (χ0) is 4.99. The molecule has 1 N–H and O–H groups in total. The molecule has 1 nitrogen and oxygen atoms in total. The number of nitrogens with one attached hydrogen (secondary N) is 1. The molecule has 0 saturated carbocycles. The van der Waals surface area contributed by atoms with E-state index in [4.69, 9.17) is 0 Å². The second-order valence-corrected chi connectivity index (χ2v) is 1.66. The van der Waals surface area contributed by atoms with Crippen molar-refractivity contribution in [2.45, 2.75) is 13.8 Å². The van der Waals surface area contributed by atoms with Gasteiger partial charge < -0.3 is 21.9 Å². The van der Waals surface area contributed by atoms with Crippen LogP contribution in [-0.4, -0.2) is 20.1 Å². The second-order valence-electron chi connectivity index (χ2n) is 1.66. The van der Waals surface area contributed by atoms with E-state index in [1.54, 1.807) is 4.90 Å². The molecule has 0 aliphatic heterocycles. The number of hydrogen-bond donors (Lipinski definition) is 1. The standard InChI is InChI=1S/C5H13N.BrH/c1-4-6(3)5-2;/h4-5H2,1-3H3;1H. The predicted molar refractivity (Wildman–Crippen MR) is 28.0 cm³/mol. The first-order valence-corrected chi connectivity index (χ1v) is 2.62. The first-order chi connectivity index (χ1) is 2.81. The molecule has 0 rings (SSSR count). The summed E-state index contributed by atoms with van der Waals surface area (Å²) in [7, 11) is 2.19. The topological polar surface area (TPSA) is 4.44 Å². The minimum atomic E-state index is 0. The molecule has 0 radical (unpaired) electrons. The highest BCUT2D eigenvalue weighted by molar-refractivity contribution is 4.03. The number of quaternary nitrogens is 1. The molecule has 0 fully saturated rings. The van der Waals surface area contributed by atoms with Crippen molar-refractivity contribution in [3.8, 4) is 0 Å². The molecule has 0 heterocycles. The van der Waals surface area contributed by atoms with Gasteiger partial charge in [0.05, 0.1) is 20.1 Å². The van der Waals surface area contributed by atoms with Crippen molar-refractivity contribution >= 4 is 0 Å². The number of halogens is 1. The molecule has 0 atom stereocenters. The smallest absolute Gasteiger partial charge is 0.0740 e. The molecule has 0 amide bonds. The van der Waals surface area contributed by atoms with Crippen LogP contribution < -0.4 is 21.9 Å². The minimum absolute atomic E-state index is 0. The molecule has 0 aromatic heterocycles. The summed E-state index contributed by atoms with van der Waals surface area (Å²) in [6.07, 6.45) is 0. The second kappa shape index (κ2) is 6.44. The molecule has 0 unspecified atom stereocenters. The van der Waals surface area contributed by atoms with Crippen molar-refractivity contribution < 1.29 is 21.9 Å². The summed E-state index contributed by atoms with van der Waals surface area (Å²) in [6.45, 7) is 6.88. The predicted octanol–water partition coefficient (Wildman–Crippen LogP) is -3.46. The van der Waals surface area contributed by atoms with Crippen LogP contribution >= 0.6 is 0 Å². The van der Waals surface area contributed by atoms with Crippen LogP contribution in [0.3, 0.4) is 0 Å². The first kappa shape index (κ1) is 10.4. The van der Waals surface area contributed by atoms with Gasteiger partial charge in [-0.25, -0.2) is 0 Å². The van der Waals surface area contributed by atoms with Gasteiger partial charge in [0, 0.05) is 0 Å². The van der Waals surface area contributed by atoms with Crippen LogP contribution in [0.1, 0.15) is 13.8 Å². The fourth-order valence-electron chi connectivity index (χ4n) is 0.250. The Morgan fingerprint density at radius 1 is 1.14 bits per heavy atom. The van der Waals surface area contributed by atoms with Crippen molar-refractivity contribution in [1.82, 2.24) is 0 Å². The fourth-order valence-corrected chi connectivity index (χ4v) is 0.250. The van der Waals surface area contributed by atoms with Crippen LogP contribution in [-0.2, 0) is 0 Å². The van der Waals surface area contributed by atoms with Gasteiger partial charge in [-0.3, -0.25) is 0 Å². The SMILES string of the molecule is CC[NH+](C)CC.[Br-]. The van der Waals surface area contributed by atoms with Crippen LogP contribution in [0.2, 0.25) is 0 Å². The van der Waals surface area contributed by atoms with Gasteiger partial charge in [0.2, 0.25) is 0 Å². The van der Waals surface area contributed by atoms with Crippen molar-refractivity contribution in [1.29, 1.82) is 0 Å². The van der Waals surface area contributed by atoms with E-state index in [9.17, 15) is 0 Å². The summed E-state index contributed by atoms with van der Waals surface area (Å²) < 4.78 is 0. The van der Waals surface area contributed by atoms with Crippen LogP contribution in [0.5, 0.6) is 0 Å². The van der Waals surface area contributed by atoms with E-state index < -0.39 is 0 Å². The van der Waals surface area contributed by atoms with Gasteiger partial charge in [-0.2, -0.15) is 0 Å². The summed E-state index contributed by atoms with van der Waals surface area (Å²) in [5.74, 6) is 0. The number of hydrogen-bond acceptors (Lipinski definition) is 0. The van der Waals surface area contributed by atoms with Crippen LogP contribution in [0.25, 0.3) is 0 Å². The average molecular weight is 168 g/mol. The lowest BCUT2D eigenvalue weighted by molar-refractivity contribution is -0.875. The quantitative estimate of drug-likeness (QED) is 0.437. The molecule has 2 heteroatoms. The monoisotopic (exact) mass is 167 g/mol. The van der Waals surface area contributed by atoms with E-state index in [2.05, 4.69) is 20.9 Å². The Balaban J connectivity index is 0. The third-order valence-electron chi connectivity index (χ3n) is 1.21. The molecular weight excluding hydrogens is 154 g/mol. The lowest BCUT2D eigenvalue weighted by Gasteiger charge is -2.04. The van der Waals surface area contributed by atoms with E-state index in [1.165, 1.54) is 13.1 Å². The lowest BCUT2D eigenvalue weighted by Crippen LogP contribution is -3.08. The van der Waals surface area contributed by atoms with Crippen molar-refractivity contribution in [3.63, 3.8) is 0 Å². The zero-order valence-corrected chi connectivity index (χ0v) is 6.88. The van der Waals surface area contributed by atoms with E-state index >= 15 is 0 Å². The molecule has 0 bridgehead atoms. The summed E-state index contributed by atoms with van der Waals surface area (Å²) in [6, 6.07) is 0. The fraction of sp³-hybridized carbons (Fsp3) is 1.00. The van der Waals surface area contributed by atoms with Crippen LogP contribution in [0.4, 0.5) is 0 Å². The molecule has 0 saturated heterocycles. The molecule has 0 aromatic rings. The van der Waals surface area contributed by atoms with Crippen molar-refractivity contribution in [3.05, 3.63) is 0 Å². The van der Waals surface area contributed by atoms with Gasteiger partial charge in [0.1, 0.15) is 0 Å². The van der Waals surface area contributed by atoms with E-state index in [0.717, 1.165) is 0 Å². The molecule has 0 aliphatic rings. The van der Waals surface area contributed by atoms with Gasteiger partial charge in [-0.05, 0) is 13.8 Å². The minimum Gasteiger partial charge on any atom is -1.00 e. The Labute approximate surface area is 56.5 Å². The summed E-state index contributed by atoms with van der Waals surface area (Å²) in [5.41, 5.74) is 0. The third-order valence-corrected chi connectivity index (χ3v) is 1.21. The van der Waals surface area contributed by atoms with Crippen molar-refractivity contribution in [2.24, 2.45) is 0 Å². The summed E-state index contributed by atoms with van der Waals surface area (Å²) >= 11 is 0. The Hall–Kier alpha value is 0.440. The maximum atomic E-state index is 2.19. The average Bonchev–Trinajstić information content (AvgIpc) is 1.65. The molecular formula is C5H14BrN. The largest absolute Gasteiger partial charge is 1.00 e. The molecule has 0 aliphatic carbocycles. The molecule has 0 aromatic carbocycles. The van der Waals surface area contributed by atoms with Gasteiger partial charge in [-0.1, -0.05) is 0 Å². The maximum Gasteiger partial charge on any atom is 0.0740 e. The van der Waals surface area contributed by atoms with Gasteiger partial charge in [-0.15, -0.1) is 0 Å². The summed E-state index contributed by atoms with van der Waals surface area (Å²) in [5, 5.41) is 0. The Kier molecular flexibility index (Phi) is 9.59. The highest BCUT2D eigenvalue weighted by atomic mass is 79.9. The molecule has 0 spiro atoms. The highest BCUT2D eigenvalue weighted by Crippen LogP contribution is 1.37. The van der Waals surface area contributed by atoms with Crippen LogP contribution in [0, 0.1) is 0 Å². The van der Waals surface area contributed by atoms with E-state index in [-0.39, 0.29) is 17.0 Å². The van der Waals surface area contributed by atoms with Gasteiger partial charge in [0.15, 0.2) is 0 Å². The maximum absolute atomic E-state index is 2.19. The normalized spacial score (nSPS) is 8.57.